The summed E-state index contributed by atoms with van der Waals surface area (Å²) in [4.78, 5) is 11.8. The van der Waals surface area contributed by atoms with Crippen molar-refractivity contribution in [2.75, 3.05) is 29.9 Å². The van der Waals surface area contributed by atoms with E-state index < -0.39 is 0 Å². The molecule has 4 rings (SSSR count). The van der Waals surface area contributed by atoms with Gasteiger partial charge in [0.1, 0.15) is 5.82 Å². The van der Waals surface area contributed by atoms with Crippen LogP contribution in [0.25, 0.3) is 0 Å². The Hall–Kier alpha value is -1.36. The molecule has 0 amide bonds. The fourth-order valence-corrected chi connectivity index (χ4v) is 4.15. The topological polar surface area (TPSA) is 53.1 Å². The van der Waals surface area contributed by atoms with Crippen LogP contribution in [-0.2, 0) is 0 Å². The Morgan fingerprint density at radius 1 is 1.12 bits per heavy atom. The SMILES string of the molecule is c1cc(N2CCCCCC2)nc(NC(CC2CC2)C2CCCN2)n1. The van der Waals surface area contributed by atoms with Crippen molar-refractivity contribution in [3.8, 4) is 0 Å². The number of hydrogen-bond donors (Lipinski definition) is 2. The van der Waals surface area contributed by atoms with E-state index in [0.717, 1.165) is 37.3 Å². The molecule has 1 aromatic rings. The van der Waals surface area contributed by atoms with E-state index in [4.69, 9.17) is 4.98 Å². The van der Waals surface area contributed by atoms with Gasteiger partial charge in [0.15, 0.2) is 0 Å². The van der Waals surface area contributed by atoms with Crippen LogP contribution in [0.15, 0.2) is 12.3 Å². The standard InChI is InChI=1S/C19H31N5/c1-2-4-13-24(12-3-1)18-9-11-21-19(23-18)22-17(14-15-7-8-15)16-6-5-10-20-16/h9,11,15-17,20H,1-8,10,12-14H2,(H,21,22,23). The summed E-state index contributed by atoms with van der Waals surface area (Å²) in [5, 5.41) is 7.34. The summed E-state index contributed by atoms with van der Waals surface area (Å²) in [6, 6.07) is 3.12. The van der Waals surface area contributed by atoms with Crippen LogP contribution in [0.5, 0.6) is 0 Å². The Bertz CT molecular complexity index is 516. The van der Waals surface area contributed by atoms with Crippen molar-refractivity contribution in [2.24, 2.45) is 5.92 Å². The van der Waals surface area contributed by atoms with Gasteiger partial charge in [0.05, 0.1) is 0 Å². The van der Waals surface area contributed by atoms with Crippen LogP contribution in [0.2, 0.25) is 0 Å². The lowest BCUT2D eigenvalue weighted by atomic mass is 10.0. The van der Waals surface area contributed by atoms with Crippen molar-refractivity contribution in [3.63, 3.8) is 0 Å². The van der Waals surface area contributed by atoms with Crippen LogP contribution in [0.3, 0.4) is 0 Å². The zero-order valence-corrected chi connectivity index (χ0v) is 14.7. The Balaban J connectivity index is 1.44. The molecule has 2 unspecified atom stereocenters. The van der Waals surface area contributed by atoms with E-state index in [-0.39, 0.29) is 0 Å². The Morgan fingerprint density at radius 3 is 2.67 bits per heavy atom. The Labute approximate surface area is 145 Å². The van der Waals surface area contributed by atoms with Crippen LogP contribution in [0, 0.1) is 5.92 Å². The third-order valence-electron chi connectivity index (χ3n) is 5.75. The minimum absolute atomic E-state index is 0.472. The van der Waals surface area contributed by atoms with Crippen molar-refractivity contribution < 1.29 is 0 Å². The number of aromatic nitrogens is 2. The zero-order chi connectivity index (χ0) is 16.2. The predicted molar refractivity (Wildman–Crippen MR) is 98.5 cm³/mol. The van der Waals surface area contributed by atoms with Crippen LogP contribution in [0.4, 0.5) is 11.8 Å². The van der Waals surface area contributed by atoms with Crippen LogP contribution >= 0.6 is 0 Å². The number of anilines is 2. The average molecular weight is 329 g/mol. The van der Waals surface area contributed by atoms with E-state index in [0.29, 0.717) is 12.1 Å². The largest absolute Gasteiger partial charge is 0.356 e. The second kappa shape index (κ2) is 7.68. The maximum absolute atomic E-state index is 4.85. The summed E-state index contributed by atoms with van der Waals surface area (Å²) in [6.45, 7) is 3.42. The van der Waals surface area contributed by atoms with Gasteiger partial charge >= 0.3 is 0 Å². The van der Waals surface area contributed by atoms with Crippen LogP contribution in [-0.4, -0.2) is 41.7 Å². The molecule has 3 aliphatic rings. The van der Waals surface area contributed by atoms with E-state index in [1.54, 1.807) is 0 Å². The highest BCUT2D eigenvalue weighted by atomic mass is 15.2. The molecule has 2 aliphatic heterocycles. The molecule has 0 bridgehead atoms. The molecular weight excluding hydrogens is 298 g/mol. The molecule has 1 aromatic heterocycles. The molecule has 132 valence electrons. The normalized spacial score (nSPS) is 26.2. The molecule has 5 heteroatoms. The highest BCUT2D eigenvalue weighted by molar-refractivity contribution is 5.43. The Kier molecular flexibility index (Phi) is 5.16. The summed E-state index contributed by atoms with van der Waals surface area (Å²) in [5.41, 5.74) is 0. The van der Waals surface area contributed by atoms with Crippen molar-refractivity contribution in [2.45, 2.75) is 69.9 Å². The van der Waals surface area contributed by atoms with Gasteiger partial charge in [-0.3, -0.25) is 0 Å². The molecular formula is C19H31N5. The molecule has 1 saturated carbocycles. The van der Waals surface area contributed by atoms with Gasteiger partial charge in [-0.2, -0.15) is 4.98 Å². The van der Waals surface area contributed by atoms with E-state index in [2.05, 4.69) is 26.6 Å². The zero-order valence-electron chi connectivity index (χ0n) is 14.7. The minimum Gasteiger partial charge on any atom is -0.356 e. The first-order valence-corrected chi connectivity index (χ1v) is 9.96. The van der Waals surface area contributed by atoms with Gasteiger partial charge in [-0.15, -0.1) is 0 Å². The highest BCUT2D eigenvalue weighted by Crippen LogP contribution is 2.35. The maximum Gasteiger partial charge on any atom is 0.224 e. The highest BCUT2D eigenvalue weighted by Gasteiger charge is 2.32. The quantitative estimate of drug-likeness (QED) is 0.839. The lowest BCUT2D eigenvalue weighted by molar-refractivity contribution is 0.462. The number of hydrogen-bond acceptors (Lipinski definition) is 5. The third-order valence-corrected chi connectivity index (χ3v) is 5.75. The molecule has 0 radical (unpaired) electrons. The predicted octanol–water partition coefficient (Wildman–Crippen LogP) is 3.19. The molecule has 2 N–H and O–H groups in total. The van der Waals surface area contributed by atoms with Crippen molar-refractivity contribution in [1.29, 1.82) is 0 Å². The molecule has 2 saturated heterocycles. The maximum atomic E-state index is 4.85. The molecule has 0 aromatic carbocycles. The fraction of sp³-hybridized carbons (Fsp3) is 0.789. The number of rotatable bonds is 6. The lowest BCUT2D eigenvalue weighted by Crippen LogP contribution is -2.41. The van der Waals surface area contributed by atoms with Gasteiger partial charge in [-0.05, 0) is 50.6 Å². The van der Waals surface area contributed by atoms with Gasteiger partial charge in [-0.1, -0.05) is 25.7 Å². The van der Waals surface area contributed by atoms with E-state index in [1.165, 1.54) is 57.8 Å². The summed E-state index contributed by atoms with van der Waals surface area (Å²) in [7, 11) is 0. The van der Waals surface area contributed by atoms with Gasteiger partial charge in [0.2, 0.25) is 5.95 Å². The first-order chi connectivity index (χ1) is 11.9. The minimum atomic E-state index is 0.472. The van der Waals surface area contributed by atoms with E-state index in [1.807, 2.05) is 6.20 Å². The summed E-state index contributed by atoms with van der Waals surface area (Å²) < 4.78 is 0. The lowest BCUT2D eigenvalue weighted by Gasteiger charge is -2.26. The summed E-state index contributed by atoms with van der Waals surface area (Å²) in [6.07, 6.45) is 13.8. The van der Waals surface area contributed by atoms with Gasteiger partial charge in [0.25, 0.3) is 0 Å². The van der Waals surface area contributed by atoms with Crippen molar-refractivity contribution in [3.05, 3.63) is 12.3 Å². The fourth-order valence-electron chi connectivity index (χ4n) is 4.15. The summed E-state index contributed by atoms with van der Waals surface area (Å²) >= 11 is 0. The second-order valence-corrected chi connectivity index (χ2v) is 7.77. The van der Waals surface area contributed by atoms with Gasteiger partial charge in [-0.25, -0.2) is 4.98 Å². The van der Waals surface area contributed by atoms with Gasteiger partial charge < -0.3 is 15.5 Å². The van der Waals surface area contributed by atoms with Gasteiger partial charge in [0, 0.05) is 31.4 Å². The smallest absolute Gasteiger partial charge is 0.224 e. The average Bonchev–Trinajstić information content (AvgIpc) is 3.33. The molecule has 5 nitrogen and oxygen atoms in total. The summed E-state index contributed by atoms with van der Waals surface area (Å²) in [5.74, 6) is 2.83. The van der Waals surface area contributed by atoms with Crippen molar-refractivity contribution >= 4 is 11.8 Å². The third kappa shape index (κ3) is 4.18. The molecule has 0 spiro atoms. The molecule has 24 heavy (non-hydrogen) atoms. The first-order valence-electron chi connectivity index (χ1n) is 9.96. The van der Waals surface area contributed by atoms with Crippen LogP contribution < -0.4 is 15.5 Å². The van der Waals surface area contributed by atoms with E-state index >= 15 is 0 Å². The number of nitrogens with one attached hydrogen (secondary N) is 2. The molecule has 3 heterocycles. The van der Waals surface area contributed by atoms with Crippen molar-refractivity contribution in [1.82, 2.24) is 15.3 Å². The molecule has 1 aliphatic carbocycles. The molecule has 3 fully saturated rings. The monoisotopic (exact) mass is 329 g/mol. The number of nitrogens with zero attached hydrogens (tertiary/aromatic N) is 3. The Morgan fingerprint density at radius 2 is 1.96 bits per heavy atom. The molecule has 2 atom stereocenters. The first kappa shape index (κ1) is 16.1. The van der Waals surface area contributed by atoms with E-state index in [9.17, 15) is 0 Å². The van der Waals surface area contributed by atoms with Crippen LogP contribution in [0.1, 0.15) is 57.8 Å². The second-order valence-electron chi connectivity index (χ2n) is 7.77.